The van der Waals surface area contributed by atoms with Gasteiger partial charge in [-0.25, -0.2) is 0 Å². The zero-order chi connectivity index (χ0) is 13.7. The molecule has 1 atom stereocenters. The zero-order valence-corrected chi connectivity index (χ0v) is 12.6. The number of hydrogen-bond acceptors (Lipinski definition) is 3. The van der Waals surface area contributed by atoms with Crippen LogP contribution in [0.1, 0.15) is 28.3 Å². The Morgan fingerprint density at radius 1 is 1.21 bits per heavy atom. The maximum absolute atomic E-state index is 5.30. The lowest BCUT2D eigenvalue weighted by molar-refractivity contribution is 0.413. The van der Waals surface area contributed by atoms with Crippen molar-refractivity contribution in [2.75, 3.05) is 14.2 Å². The minimum absolute atomic E-state index is 0.332. The van der Waals surface area contributed by atoms with E-state index in [2.05, 4.69) is 36.5 Å². The molecular weight excluding hydrogens is 254 g/mol. The van der Waals surface area contributed by atoms with E-state index in [0.29, 0.717) is 6.04 Å². The normalized spacial score (nSPS) is 12.4. The van der Waals surface area contributed by atoms with Gasteiger partial charge in [-0.15, -0.1) is 11.3 Å². The number of benzene rings is 1. The summed E-state index contributed by atoms with van der Waals surface area (Å²) in [5, 5.41) is 3.40. The fraction of sp³-hybridized carbons (Fsp3) is 0.375. The molecule has 102 valence electrons. The van der Waals surface area contributed by atoms with Crippen molar-refractivity contribution in [1.29, 1.82) is 0 Å². The van der Waals surface area contributed by atoms with E-state index in [-0.39, 0.29) is 0 Å². The van der Waals surface area contributed by atoms with Crippen LogP contribution >= 0.6 is 11.3 Å². The molecule has 3 heteroatoms. The SMILES string of the molecule is CCc1ccc(CC(NC)c2cccc(OC)c2)s1. The van der Waals surface area contributed by atoms with Crippen molar-refractivity contribution >= 4 is 11.3 Å². The fourth-order valence-corrected chi connectivity index (χ4v) is 3.17. The second kappa shape index (κ2) is 6.73. The molecule has 0 amide bonds. The van der Waals surface area contributed by atoms with Crippen molar-refractivity contribution in [2.24, 2.45) is 0 Å². The molecule has 1 N–H and O–H groups in total. The molecule has 1 aromatic heterocycles. The first-order valence-electron chi connectivity index (χ1n) is 6.65. The van der Waals surface area contributed by atoms with Gasteiger partial charge in [-0.2, -0.15) is 0 Å². The third-order valence-electron chi connectivity index (χ3n) is 3.32. The first-order valence-corrected chi connectivity index (χ1v) is 7.47. The Hall–Kier alpha value is -1.32. The predicted octanol–water partition coefficient (Wildman–Crippen LogP) is 3.82. The van der Waals surface area contributed by atoms with E-state index in [1.54, 1.807) is 7.11 Å². The van der Waals surface area contributed by atoms with Gasteiger partial charge in [0.15, 0.2) is 0 Å². The molecule has 0 bridgehead atoms. The van der Waals surface area contributed by atoms with Crippen LogP contribution in [0.4, 0.5) is 0 Å². The lowest BCUT2D eigenvalue weighted by atomic mass is 10.0. The van der Waals surface area contributed by atoms with Gasteiger partial charge in [0.2, 0.25) is 0 Å². The summed E-state index contributed by atoms with van der Waals surface area (Å²) in [6.07, 6.45) is 2.14. The van der Waals surface area contributed by atoms with E-state index in [1.165, 1.54) is 15.3 Å². The van der Waals surface area contributed by atoms with Gasteiger partial charge in [0.05, 0.1) is 7.11 Å². The first-order chi connectivity index (χ1) is 9.26. The zero-order valence-electron chi connectivity index (χ0n) is 11.8. The van der Waals surface area contributed by atoms with Crippen molar-refractivity contribution < 1.29 is 4.74 Å². The minimum atomic E-state index is 0.332. The number of hydrogen-bond donors (Lipinski definition) is 1. The molecule has 0 saturated heterocycles. The Labute approximate surface area is 119 Å². The van der Waals surface area contributed by atoms with Gasteiger partial charge in [-0.05, 0) is 43.3 Å². The Morgan fingerprint density at radius 2 is 2.00 bits per heavy atom. The molecule has 2 rings (SSSR count). The highest BCUT2D eigenvalue weighted by atomic mass is 32.1. The first kappa shape index (κ1) is 14.1. The highest BCUT2D eigenvalue weighted by Gasteiger charge is 2.12. The molecule has 0 radical (unpaired) electrons. The summed E-state index contributed by atoms with van der Waals surface area (Å²) in [6.45, 7) is 2.20. The number of thiophene rings is 1. The van der Waals surface area contributed by atoms with Crippen LogP contribution in [0.3, 0.4) is 0 Å². The van der Waals surface area contributed by atoms with Crippen LogP contribution in [0, 0.1) is 0 Å². The highest BCUT2D eigenvalue weighted by Crippen LogP contribution is 2.26. The number of aryl methyl sites for hydroxylation is 1. The second-order valence-electron chi connectivity index (χ2n) is 4.54. The van der Waals surface area contributed by atoms with Crippen molar-refractivity contribution in [3.8, 4) is 5.75 Å². The average molecular weight is 275 g/mol. The summed E-state index contributed by atoms with van der Waals surface area (Å²) in [6, 6.07) is 13.1. The average Bonchev–Trinajstić information content (AvgIpc) is 2.92. The Bertz CT molecular complexity index is 521. The Kier molecular flexibility index (Phi) is 5.00. The van der Waals surface area contributed by atoms with Crippen LogP contribution in [0.5, 0.6) is 5.75 Å². The molecular formula is C16H21NOS. The monoisotopic (exact) mass is 275 g/mol. The molecule has 1 heterocycles. The van der Waals surface area contributed by atoms with Crippen LogP contribution < -0.4 is 10.1 Å². The van der Waals surface area contributed by atoms with Gasteiger partial charge < -0.3 is 10.1 Å². The number of methoxy groups -OCH3 is 1. The topological polar surface area (TPSA) is 21.3 Å². The van der Waals surface area contributed by atoms with Crippen molar-refractivity contribution in [3.05, 3.63) is 51.7 Å². The molecule has 2 nitrogen and oxygen atoms in total. The maximum Gasteiger partial charge on any atom is 0.119 e. The van der Waals surface area contributed by atoms with E-state index < -0.39 is 0 Å². The Morgan fingerprint density at radius 3 is 2.63 bits per heavy atom. The lowest BCUT2D eigenvalue weighted by Gasteiger charge is -2.16. The largest absolute Gasteiger partial charge is 0.497 e. The summed E-state index contributed by atoms with van der Waals surface area (Å²) in [4.78, 5) is 2.88. The summed E-state index contributed by atoms with van der Waals surface area (Å²) in [7, 11) is 3.72. The van der Waals surface area contributed by atoms with Gasteiger partial charge in [0.25, 0.3) is 0 Å². The van der Waals surface area contributed by atoms with Gasteiger partial charge in [0, 0.05) is 22.2 Å². The molecule has 2 aromatic rings. The summed E-state index contributed by atoms with van der Waals surface area (Å²) in [5.41, 5.74) is 1.27. The van der Waals surface area contributed by atoms with Gasteiger partial charge in [0.1, 0.15) is 5.75 Å². The second-order valence-corrected chi connectivity index (χ2v) is 5.80. The van der Waals surface area contributed by atoms with E-state index in [9.17, 15) is 0 Å². The molecule has 0 spiro atoms. The van der Waals surface area contributed by atoms with E-state index >= 15 is 0 Å². The lowest BCUT2D eigenvalue weighted by Crippen LogP contribution is -2.18. The standard InChI is InChI=1S/C16H21NOS/c1-4-14-8-9-15(19-14)11-16(17-2)12-6-5-7-13(10-12)18-3/h5-10,16-17H,4,11H2,1-3H3. The number of ether oxygens (including phenoxy) is 1. The summed E-state index contributed by atoms with van der Waals surface area (Å²) >= 11 is 1.91. The van der Waals surface area contributed by atoms with Crippen LogP contribution in [-0.2, 0) is 12.8 Å². The number of likely N-dealkylation sites (N-methyl/N-ethyl adjacent to an activating group) is 1. The third-order valence-corrected chi connectivity index (χ3v) is 4.57. The van der Waals surface area contributed by atoms with Crippen LogP contribution in [0.2, 0.25) is 0 Å². The molecule has 0 saturated carbocycles. The van der Waals surface area contributed by atoms with Gasteiger partial charge in [-0.3, -0.25) is 0 Å². The van der Waals surface area contributed by atoms with E-state index in [0.717, 1.165) is 18.6 Å². The highest BCUT2D eigenvalue weighted by molar-refractivity contribution is 7.11. The minimum Gasteiger partial charge on any atom is -0.497 e. The number of nitrogens with one attached hydrogen (secondary N) is 1. The predicted molar refractivity (Wildman–Crippen MR) is 82.2 cm³/mol. The van der Waals surface area contributed by atoms with Crippen molar-refractivity contribution in [2.45, 2.75) is 25.8 Å². The third kappa shape index (κ3) is 3.58. The van der Waals surface area contributed by atoms with Crippen LogP contribution in [0.25, 0.3) is 0 Å². The molecule has 0 aliphatic rings. The van der Waals surface area contributed by atoms with Gasteiger partial charge >= 0.3 is 0 Å². The van der Waals surface area contributed by atoms with E-state index in [4.69, 9.17) is 4.74 Å². The molecule has 0 aliphatic carbocycles. The summed E-state index contributed by atoms with van der Waals surface area (Å²) < 4.78 is 5.30. The molecule has 0 aliphatic heterocycles. The molecule has 19 heavy (non-hydrogen) atoms. The molecule has 1 unspecified atom stereocenters. The smallest absolute Gasteiger partial charge is 0.119 e. The van der Waals surface area contributed by atoms with Crippen LogP contribution in [-0.4, -0.2) is 14.2 Å². The number of rotatable bonds is 6. The molecule has 0 fully saturated rings. The molecule has 1 aromatic carbocycles. The van der Waals surface area contributed by atoms with Crippen LogP contribution in [0.15, 0.2) is 36.4 Å². The fourth-order valence-electron chi connectivity index (χ4n) is 2.17. The summed E-state index contributed by atoms with van der Waals surface area (Å²) in [5.74, 6) is 0.915. The van der Waals surface area contributed by atoms with Crippen molar-refractivity contribution in [3.63, 3.8) is 0 Å². The van der Waals surface area contributed by atoms with Gasteiger partial charge in [-0.1, -0.05) is 19.1 Å². The Balaban J connectivity index is 2.14. The van der Waals surface area contributed by atoms with E-state index in [1.807, 2.05) is 30.5 Å². The maximum atomic E-state index is 5.30. The quantitative estimate of drug-likeness (QED) is 0.865. The van der Waals surface area contributed by atoms with Crippen molar-refractivity contribution in [1.82, 2.24) is 5.32 Å².